The van der Waals surface area contributed by atoms with Gasteiger partial charge in [-0.2, -0.15) is 0 Å². The molecule has 32 heavy (non-hydrogen) atoms. The fourth-order valence-corrected chi connectivity index (χ4v) is 4.44. The van der Waals surface area contributed by atoms with Crippen molar-refractivity contribution in [3.63, 3.8) is 0 Å². The first-order chi connectivity index (χ1) is 15.3. The number of carbonyl (C=O) groups is 2. The van der Waals surface area contributed by atoms with Gasteiger partial charge in [-0.25, -0.2) is 0 Å². The summed E-state index contributed by atoms with van der Waals surface area (Å²) in [5.41, 5.74) is 0.695. The van der Waals surface area contributed by atoms with Gasteiger partial charge in [-0.3, -0.25) is 9.59 Å². The number of aromatic hydroxyl groups is 1. The molecule has 0 saturated carbocycles. The summed E-state index contributed by atoms with van der Waals surface area (Å²) in [7, 11) is 0. The van der Waals surface area contributed by atoms with Crippen molar-refractivity contribution in [3.05, 3.63) is 68.7 Å². The molecule has 1 atom stereocenters. The molecular formula is C24H26BrClN2O4. The number of amides is 1. The second-order valence-electron chi connectivity index (χ2n) is 7.59. The average molecular weight is 522 g/mol. The number of phenols is 1. The van der Waals surface area contributed by atoms with Gasteiger partial charge in [0.05, 0.1) is 17.2 Å². The number of hydrogen-bond donors (Lipinski definition) is 2. The van der Waals surface area contributed by atoms with Gasteiger partial charge in [0.25, 0.3) is 11.7 Å². The molecular weight excluding hydrogens is 496 g/mol. The molecule has 0 aromatic heterocycles. The highest BCUT2D eigenvalue weighted by Crippen LogP contribution is 2.41. The first-order valence-electron chi connectivity index (χ1n) is 10.5. The van der Waals surface area contributed by atoms with E-state index in [1.165, 1.54) is 17.0 Å². The monoisotopic (exact) mass is 520 g/mol. The third-order valence-electron chi connectivity index (χ3n) is 5.71. The van der Waals surface area contributed by atoms with Crippen molar-refractivity contribution in [1.29, 1.82) is 0 Å². The minimum absolute atomic E-state index is 0.0476. The van der Waals surface area contributed by atoms with Crippen LogP contribution in [-0.2, 0) is 9.59 Å². The smallest absolute Gasteiger partial charge is 0.295 e. The summed E-state index contributed by atoms with van der Waals surface area (Å²) in [5.74, 6) is -2.04. The summed E-state index contributed by atoms with van der Waals surface area (Å²) in [6.45, 7) is 7.10. The maximum Gasteiger partial charge on any atom is 0.295 e. The molecule has 1 unspecified atom stereocenters. The van der Waals surface area contributed by atoms with Crippen molar-refractivity contribution in [2.24, 2.45) is 0 Å². The Bertz CT molecular complexity index is 1030. The Morgan fingerprint density at radius 1 is 1.12 bits per heavy atom. The molecule has 3 rings (SSSR count). The fraction of sp³-hybridized carbons (Fsp3) is 0.333. The predicted molar refractivity (Wildman–Crippen MR) is 129 cm³/mol. The summed E-state index contributed by atoms with van der Waals surface area (Å²) in [6, 6.07) is 10.6. The summed E-state index contributed by atoms with van der Waals surface area (Å²) in [5, 5.41) is 21.9. The van der Waals surface area contributed by atoms with Crippen LogP contribution >= 0.6 is 27.5 Å². The Morgan fingerprint density at radius 3 is 2.41 bits per heavy atom. The third kappa shape index (κ3) is 5.00. The highest BCUT2D eigenvalue weighted by Gasteiger charge is 2.46. The number of benzene rings is 2. The van der Waals surface area contributed by atoms with Crippen molar-refractivity contribution < 1.29 is 19.8 Å². The second kappa shape index (κ2) is 10.5. The van der Waals surface area contributed by atoms with Crippen LogP contribution in [0.3, 0.4) is 0 Å². The fourth-order valence-electron chi connectivity index (χ4n) is 3.95. The normalized spacial score (nSPS) is 18.0. The maximum atomic E-state index is 13.0. The molecule has 6 nitrogen and oxygen atoms in total. The second-order valence-corrected chi connectivity index (χ2v) is 8.94. The number of likely N-dealkylation sites (tertiary alicyclic amines) is 1. The minimum Gasteiger partial charge on any atom is -0.507 e. The topological polar surface area (TPSA) is 81.1 Å². The SMILES string of the molecule is CCN(CC)CCCN1C(=O)C(=O)/C(=C(/O)c2cc(Br)ccc2O)C1c1ccc(Cl)cc1. The van der Waals surface area contributed by atoms with Gasteiger partial charge in [0.15, 0.2) is 0 Å². The van der Waals surface area contributed by atoms with Crippen molar-refractivity contribution in [3.8, 4) is 5.75 Å². The molecule has 170 valence electrons. The number of phenolic OH excluding ortho intramolecular Hbond substituents is 1. The molecule has 2 aromatic rings. The molecule has 1 heterocycles. The van der Waals surface area contributed by atoms with Gasteiger partial charge in [0, 0.05) is 16.0 Å². The molecule has 1 amide bonds. The van der Waals surface area contributed by atoms with Crippen LogP contribution in [0.5, 0.6) is 5.75 Å². The molecule has 0 spiro atoms. The van der Waals surface area contributed by atoms with Gasteiger partial charge < -0.3 is 20.0 Å². The lowest BCUT2D eigenvalue weighted by molar-refractivity contribution is -0.140. The van der Waals surface area contributed by atoms with E-state index in [4.69, 9.17) is 11.6 Å². The Balaban J connectivity index is 2.06. The van der Waals surface area contributed by atoms with E-state index < -0.39 is 23.5 Å². The van der Waals surface area contributed by atoms with Crippen LogP contribution in [0.4, 0.5) is 0 Å². The molecule has 0 aliphatic carbocycles. The van der Waals surface area contributed by atoms with Crippen molar-refractivity contribution in [2.75, 3.05) is 26.2 Å². The number of nitrogens with zero attached hydrogens (tertiary/aromatic N) is 2. The summed E-state index contributed by atoms with van der Waals surface area (Å²) in [6.07, 6.45) is 0.682. The molecule has 1 fully saturated rings. The third-order valence-corrected chi connectivity index (χ3v) is 6.45. The van der Waals surface area contributed by atoms with E-state index in [2.05, 4.69) is 34.7 Å². The summed E-state index contributed by atoms with van der Waals surface area (Å²) < 4.78 is 0.619. The Labute approximate surface area is 201 Å². The largest absolute Gasteiger partial charge is 0.507 e. The van der Waals surface area contributed by atoms with E-state index in [9.17, 15) is 19.8 Å². The summed E-state index contributed by atoms with van der Waals surface area (Å²) in [4.78, 5) is 29.8. The van der Waals surface area contributed by atoms with Gasteiger partial charge in [0.2, 0.25) is 0 Å². The zero-order chi connectivity index (χ0) is 23.4. The first kappa shape index (κ1) is 24.3. The van der Waals surface area contributed by atoms with Gasteiger partial charge in [0.1, 0.15) is 11.5 Å². The van der Waals surface area contributed by atoms with Crippen LogP contribution in [0.25, 0.3) is 5.76 Å². The lowest BCUT2D eigenvalue weighted by Crippen LogP contribution is -2.33. The van der Waals surface area contributed by atoms with E-state index >= 15 is 0 Å². The molecule has 2 N–H and O–H groups in total. The quantitative estimate of drug-likeness (QED) is 0.291. The van der Waals surface area contributed by atoms with Crippen LogP contribution in [0.15, 0.2) is 52.5 Å². The van der Waals surface area contributed by atoms with E-state index in [1.54, 1.807) is 30.3 Å². The van der Waals surface area contributed by atoms with Gasteiger partial charge in [-0.15, -0.1) is 0 Å². The number of aliphatic hydroxyl groups excluding tert-OH is 1. The van der Waals surface area contributed by atoms with Crippen molar-refractivity contribution in [2.45, 2.75) is 26.3 Å². The number of halogens is 2. The molecule has 2 aromatic carbocycles. The minimum atomic E-state index is -0.776. The highest BCUT2D eigenvalue weighted by atomic mass is 79.9. The maximum absolute atomic E-state index is 13.0. The van der Waals surface area contributed by atoms with E-state index in [1.807, 2.05) is 0 Å². The zero-order valence-electron chi connectivity index (χ0n) is 18.0. The van der Waals surface area contributed by atoms with E-state index in [-0.39, 0.29) is 16.9 Å². The highest BCUT2D eigenvalue weighted by molar-refractivity contribution is 9.10. The number of hydrogen-bond acceptors (Lipinski definition) is 5. The number of carbonyl (C=O) groups excluding carboxylic acids is 2. The number of rotatable bonds is 8. The zero-order valence-corrected chi connectivity index (χ0v) is 20.4. The van der Waals surface area contributed by atoms with Crippen molar-refractivity contribution in [1.82, 2.24) is 9.80 Å². The lowest BCUT2D eigenvalue weighted by atomic mass is 9.95. The molecule has 0 bridgehead atoms. The van der Waals surface area contributed by atoms with Gasteiger partial charge >= 0.3 is 0 Å². The summed E-state index contributed by atoms with van der Waals surface area (Å²) >= 11 is 9.36. The lowest BCUT2D eigenvalue weighted by Gasteiger charge is -2.27. The number of aliphatic hydroxyl groups is 1. The molecule has 1 saturated heterocycles. The van der Waals surface area contributed by atoms with Crippen LogP contribution in [0, 0.1) is 0 Å². The standard InChI is InChI=1S/C24H26BrClN2O4/c1-3-27(4-2)12-5-13-28-21(15-6-9-17(26)10-7-15)20(23(31)24(28)32)22(30)18-14-16(25)8-11-19(18)29/h6-11,14,21,29-30H,3-5,12-13H2,1-2H3/b22-20+. The molecule has 0 radical (unpaired) electrons. The van der Waals surface area contributed by atoms with Gasteiger partial charge in [-0.1, -0.05) is 53.5 Å². The van der Waals surface area contributed by atoms with Crippen LogP contribution < -0.4 is 0 Å². The van der Waals surface area contributed by atoms with E-state index in [0.717, 1.165) is 19.6 Å². The van der Waals surface area contributed by atoms with E-state index in [0.29, 0.717) is 28.0 Å². The first-order valence-corrected chi connectivity index (χ1v) is 11.7. The average Bonchev–Trinajstić information content (AvgIpc) is 3.03. The molecule has 8 heteroatoms. The Morgan fingerprint density at radius 2 is 1.78 bits per heavy atom. The Hall–Kier alpha value is -2.35. The number of ketones is 1. The predicted octanol–water partition coefficient (Wildman–Crippen LogP) is 4.96. The van der Waals surface area contributed by atoms with Crippen LogP contribution in [0.2, 0.25) is 5.02 Å². The Kier molecular flexibility index (Phi) is 7.98. The molecule has 1 aliphatic rings. The van der Waals surface area contributed by atoms with Crippen LogP contribution in [0.1, 0.15) is 37.4 Å². The number of Topliss-reactive ketones (excluding diaryl/α,β-unsaturated/α-hetero) is 1. The van der Waals surface area contributed by atoms with Crippen molar-refractivity contribution >= 4 is 45.0 Å². The molecule has 1 aliphatic heterocycles. The van der Waals surface area contributed by atoms with Crippen LogP contribution in [-0.4, -0.2) is 57.9 Å². The van der Waals surface area contributed by atoms with Gasteiger partial charge in [-0.05, 0) is 62.0 Å².